The van der Waals surface area contributed by atoms with E-state index in [0.29, 0.717) is 45.1 Å². The van der Waals surface area contributed by atoms with E-state index in [1.54, 1.807) is 6.07 Å². The molecule has 2 aliphatic rings. The van der Waals surface area contributed by atoms with Crippen LogP contribution in [0.3, 0.4) is 0 Å². The summed E-state index contributed by atoms with van der Waals surface area (Å²) in [7, 11) is 0. The van der Waals surface area contributed by atoms with Crippen LogP contribution in [0, 0.1) is 17.2 Å². The highest BCUT2D eigenvalue weighted by atomic mass is 19.4. The standard InChI is InChI=1S/C22H25F3N4O5/c23-22(24,25)33-17-10-14(11-26)5-6-15(17)12-28-18(30)16-4-3-9-29(13-16)19(31)21(34-20(27)32)7-1-2-8-21/h5-6,10,16H,1-4,7-9,12-13H2,(H2,27,32)(H,28,30). The molecule has 1 heterocycles. The predicted molar refractivity (Wildman–Crippen MR) is 111 cm³/mol. The molecule has 1 atom stereocenters. The Labute approximate surface area is 194 Å². The number of piperidine rings is 1. The fourth-order valence-electron chi connectivity index (χ4n) is 4.48. The van der Waals surface area contributed by atoms with Crippen LogP contribution in [0.1, 0.15) is 49.7 Å². The third-order valence-corrected chi connectivity index (χ3v) is 6.05. The third-order valence-electron chi connectivity index (χ3n) is 6.05. The highest BCUT2D eigenvalue weighted by Gasteiger charge is 2.48. The zero-order chi connectivity index (χ0) is 24.9. The van der Waals surface area contributed by atoms with Crippen LogP contribution < -0.4 is 15.8 Å². The van der Waals surface area contributed by atoms with Crippen molar-refractivity contribution in [2.75, 3.05) is 13.1 Å². The molecule has 3 N–H and O–H groups in total. The molecule has 0 bridgehead atoms. The van der Waals surface area contributed by atoms with Crippen molar-refractivity contribution in [1.82, 2.24) is 10.2 Å². The first-order valence-electron chi connectivity index (χ1n) is 10.9. The van der Waals surface area contributed by atoms with Gasteiger partial charge < -0.3 is 25.4 Å². The number of benzene rings is 1. The molecule has 0 spiro atoms. The van der Waals surface area contributed by atoms with Crippen molar-refractivity contribution in [3.05, 3.63) is 29.3 Å². The molecule has 12 heteroatoms. The first-order valence-corrected chi connectivity index (χ1v) is 10.9. The van der Waals surface area contributed by atoms with E-state index < -0.39 is 35.6 Å². The third kappa shape index (κ3) is 6.09. The van der Waals surface area contributed by atoms with E-state index in [-0.39, 0.29) is 30.1 Å². The van der Waals surface area contributed by atoms with Crippen molar-refractivity contribution in [2.45, 2.75) is 57.0 Å². The summed E-state index contributed by atoms with van der Waals surface area (Å²) in [5.41, 5.74) is 3.89. The van der Waals surface area contributed by atoms with E-state index in [1.807, 2.05) is 0 Å². The van der Waals surface area contributed by atoms with Gasteiger partial charge in [-0.05, 0) is 50.7 Å². The number of alkyl halides is 3. The van der Waals surface area contributed by atoms with Gasteiger partial charge in [-0.3, -0.25) is 9.59 Å². The zero-order valence-corrected chi connectivity index (χ0v) is 18.3. The molecular formula is C22H25F3N4O5. The maximum absolute atomic E-state index is 13.2. The number of halogens is 3. The van der Waals surface area contributed by atoms with Crippen LogP contribution in [-0.2, 0) is 20.9 Å². The zero-order valence-electron chi connectivity index (χ0n) is 18.3. The SMILES string of the molecule is N#Cc1ccc(CNC(=O)C2CCCN(C(=O)C3(OC(N)=O)CCCC3)C2)c(OC(F)(F)F)c1. The fraction of sp³-hybridized carbons (Fsp3) is 0.545. The monoisotopic (exact) mass is 482 g/mol. The fourth-order valence-corrected chi connectivity index (χ4v) is 4.48. The number of nitrogens with one attached hydrogen (secondary N) is 1. The summed E-state index contributed by atoms with van der Waals surface area (Å²) in [5, 5.41) is 11.5. The molecule has 1 unspecified atom stereocenters. The highest BCUT2D eigenvalue weighted by Crippen LogP contribution is 2.36. The number of rotatable bonds is 6. The molecule has 184 valence electrons. The Bertz CT molecular complexity index is 986. The molecule has 1 saturated heterocycles. The first-order chi connectivity index (χ1) is 16.0. The molecule has 1 aromatic rings. The molecule has 9 nitrogen and oxygen atoms in total. The molecule has 1 aliphatic heterocycles. The van der Waals surface area contributed by atoms with Gasteiger partial charge >= 0.3 is 12.5 Å². The van der Waals surface area contributed by atoms with Crippen molar-refractivity contribution in [3.8, 4) is 11.8 Å². The van der Waals surface area contributed by atoms with Crippen LogP contribution in [0.4, 0.5) is 18.0 Å². The Kier molecular flexibility index (Phi) is 7.54. The van der Waals surface area contributed by atoms with Gasteiger partial charge in [-0.2, -0.15) is 5.26 Å². The molecule has 3 rings (SSSR count). The molecular weight excluding hydrogens is 457 g/mol. The molecule has 34 heavy (non-hydrogen) atoms. The smallest absolute Gasteiger partial charge is 0.433 e. The highest BCUT2D eigenvalue weighted by molar-refractivity contribution is 5.89. The van der Waals surface area contributed by atoms with Gasteiger partial charge in [0, 0.05) is 25.2 Å². The van der Waals surface area contributed by atoms with Gasteiger partial charge in [0.25, 0.3) is 5.91 Å². The number of hydrogen-bond donors (Lipinski definition) is 2. The average Bonchev–Trinajstić information content (AvgIpc) is 3.25. The molecule has 2 fully saturated rings. The number of nitrogens with two attached hydrogens (primary N) is 1. The van der Waals surface area contributed by atoms with Crippen LogP contribution in [0.15, 0.2) is 18.2 Å². The van der Waals surface area contributed by atoms with E-state index in [2.05, 4.69) is 10.1 Å². The van der Waals surface area contributed by atoms with E-state index in [9.17, 15) is 27.6 Å². The lowest BCUT2D eigenvalue weighted by molar-refractivity contribution is -0.274. The Morgan fingerprint density at radius 2 is 1.94 bits per heavy atom. The number of ether oxygens (including phenoxy) is 2. The lowest BCUT2D eigenvalue weighted by Gasteiger charge is -2.37. The Hall–Kier alpha value is -3.49. The number of amides is 3. The van der Waals surface area contributed by atoms with Crippen molar-refractivity contribution < 1.29 is 37.0 Å². The number of carbonyl (C=O) groups is 3. The molecule has 3 amide bonds. The second-order valence-corrected chi connectivity index (χ2v) is 8.41. The predicted octanol–water partition coefficient (Wildman–Crippen LogP) is 2.72. The average molecular weight is 482 g/mol. The van der Waals surface area contributed by atoms with Gasteiger partial charge in [0.05, 0.1) is 17.6 Å². The lowest BCUT2D eigenvalue weighted by Crippen LogP contribution is -2.54. The van der Waals surface area contributed by atoms with Gasteiger partial charge in [-0.15, -0.1) is 13.2 Å². The number of carbonyl (C=O) groups excluding carboxylic acids is 3. The summed E-state index contributed by atoms with van der Waals surface area (Å²) in [4.78, 5) is 38.8. The molecule has 0 radical (unpaired) electrons. The van der Waals surface area contributed by atoms with Crippen LogP contribution in [0.5, 0.6) is 5.75 Å². The van der Waals surface area contributed by atoms with Crippen molar-refractivity contribution in [2.24, 2.45) is 11.7 Å². The van der Waals surface area contributed by atoms with Gasteiger partial charge in [0.2, 0.25) is 5.91 Å². The number of likely N-dealkylation sites (tertiary alicyclic amines) is 1. The van der Waals surface area contributed by atoms with Gasteiger partial charge in [-0.25, -0.2) is 4.79 Å². The first kappa shape index (κ1) is 25.1. The van der Waals surface area contributed by atoms with Gasteiger partial charge in [0.1, 0.15) is 5.75 Å². The minimum Gasteiger partial charge on any atom is -0.433 e. The van der Waals surface area contributed by atoms with Crippen LogP contribution >= 0.6 is 0 Å². The van der Waals surface area contributed by atoms with Gasteiger partial charge in [0.15, 0.2) is 5.60 Å². The number of hydrogen-bond acceptors (Lipinski definition) is 6. The lowest BCUT2D eigenvalue weighted by atomic mass is 9.93. The maximum atomic E-state index is 13.2. The summed E-state index contributed by atoms with van der Waals surface area (Å²) >= 11 is 0. The Morgan fingerprint density at radius 3 is 2.56 bits per heavy atom. The van der Waals surface area contributed by atoms with E-state index in [4.69, 9.17) is 15.7 Å². The maximum Gasteiger partial charge on any atom is 0.573 e. The molecule has 0 aromatic heterocycles. The second-order valence-electron chi connectivity index (χ2n) is 8.41. The van der Waals surface area contributed by atoms with E-state index >= 15 is 0 Å². The normalized spacial score (nSPS) is 19.7. The molecule has 1 aliphatic carbocycles. The summed E-state index contributed by atoms with van der Waals surface area (Å²) in [5.74, 6) is -1.97. The summed E-state index contributed by atoms with van der Waals surface area (Å²) in [6.45, 7) is 0.231. The van der Waals surface area contributed by atoms with E-state index in [0.717, 1.165) is 6.07 Å². The van der Waals surface area contributed by atoms with Crippen molar-refractivity contribution in [3.63, 3.8) is 0 Å². The number of nitriles is 1. The van der Waals surface area contributed by atoms with Crippen LogP contribution in [0.2, 0.25) is 0 Å². The number of nitrogens with zero attached hydrogens (tertiary/aromatic N) is 2. The molecule has 1 saturated carbocycles. The second kappa shape index (κ2) is 10.2. The Balaban J connectivity index is 1.65. The van der Waals surface area contributed by atoms with Crippen LogP contribution in [0.25, 0.3) is 0 Å². The van der Waals surface area contributed by atoms with Crippen LogP contribution in [-0.4, -0.2) is 47.9 Å². The topological polar surface area (TPSA) is 135 Å². The van der Waals surface area contributed by atoms with Crippen molar-refractivity contribution >= 4 is 17.9 Å². The minimum atomic E-state index is -4.96. The Morgan fingerprint density at radius 1 is 1.24 bits per heavy atom. The van der Waals surface area contributed by atoms with Crippen molar-refractivity contribution in [1.29, 1.82) is 5.26 Å². The summed E-state index contributed by atoms with van der Waals surface area (Å²) in [6, 6.07) is 5.30. The summed E-state index contributed by atoms with van der Waals surface area (Å²) in [6.07, 6.45) is -2.81. The number of primary amides is 1. The summed E-state index contributed by atoms with van der Waals surface area (Å²) < 4.78 is 47.4. The quantitative estimate of drug-likeness (QED) is 0.640. The van der Waals surface area contributed by atoms with Gasteiger partial charge in [-0.1, -0.05) is 6.07 Å². The largest absolute Gasteiger partial charge is 0.573 e. The molecule has 1 aromatic carbocycles. The van der Waals surface area contributed by atoms with E-state index in [1.165, 1.54) is 17.0 Å². The minimum absolute atomic E-state index is 0.0187.